The van der Waals surface area contributed by atoms with Gasteiger partial charge in [0.1, 0.15) is 5.82 Å². The molecule has 2 N–H and O–H groups in total. The molecule has 3 aromatic rings. The Kier molecular flexibility index (Phi) is 5.28. The van der Waals surface area contributed by atoms with Crippen LogP contribution < -0.4 is 5.32 Å². The predicted molar refractivity (Wildman–Crippen MR) is 95.6 cm³/mol. The number of nitrogens with zero attached hydrogens (tertiary/aromatic N) is 1. The average Bonchev–Trinajstić information content (AvgIpc) is 3.00. The van der Waals surface area contributed by atoms with Crippen molar-refractivity contribution in [2.45, 2.75) is 25.5 Å². The van der Waals surface area contributed by atoms with Gasteiger partial charge in [-0.3, -0.25) is 0 Å². The van der Waals surface area contributed by atoms with Crippen LogP contribution in [0.5, 0.6) is 0 Å². The Hall–Kier alpha value is -2.17. The van der Waals surface area contributed by atoms with Gasteiger partial charge in [-0.15, -0.1) is 0 Å². The molecule has 3 nitrogen and oxygen atoms in total. The van der Waals surface area contributed by atoms with Gasteiger partial charge in [0.25, 0.3) is 0 Å². The SMILES string of the molecule is CCCNC[C@@H](O)[C@H](c1cccc(F)c1)n1ccc2ccccc21. The van der Waals surface area contributed by atoms with E-state index in [0.29, 0.717) is 6.54 Å². The maximum Gasteiger partial charge on any atom is 0.123 e. The first kappa shape index (κ1) is 16.7. The van der Waals surface area contributed by atoms with Crippen LogP contribution in [-0.4, -0.2) is 28.9 Å². The third-order valence-electron chi connectivity index (χ3n) is 4.26. The molecule has 126 valence electrons. The number of fused-ring (bicyclic) bond motifs is 1. The second-order valence-electron chi connectivity index (χ2n) is 6.05. The summed E-state index contributed by atoms with van der Waals surface area (Å²) in [6, 6.07) is 16.2. The Morgan fingerprint density at radius 3 is 2.75 bits per heavy atom. The fourth-order valence-electron chi connectivity index (χ4n) is 3.14. The van der Waals surface area contributed by atoms with E-state index < -0.39 is 6.10 Å². The highest BCUT2D eigenvalue weighted by Gasteiger charge is 2.24. The van der Waals surface area contributed by atoms with Crippen LogP contribution in [0.25, 0.3) is 10.9 Å². The summed E-state index contributed by atoms with van der Waals surface area (Å²) < 4.78 is 15.8. The largest absolute Gasteiger partial charge is 0.389 e. The molecule has 1 heterocycles. The van der Waals surface area contributed by atoms with Gasteiger partial charge in [0.05, 0.1) is 12.1 Å². The van der Waals surface area contributed by atoms with Crippen molar-refractivity contribution in [3.8, 4) is 0 Å². The summed E-state index contributed by atoms with van der Waals surface area (Å²) in [6.45, 7) is 3.39. The second-order valence-corrected chi connectivity index (χ2v) is 6.05. The topological polar surface area (TPSA) is 37.2 Å². The minimum atomic E-state index is -0.658. The predicted octanol–water partition coefficient (Wildman–Crippen LogP) is 3.73. The number of hydrogen-bond acceptors (Lipinski definition) is 2. The lowest BCUT2D eigenvalue weighted by atomic mass is 10.0. The van der Waals surface area contributed by atoms with Crippen molar-refractivity contribution in [3.63, 3.8) is 0 Å². The van der Waals surface area contributed by atoms with E-state index in [-0.39, 0.29) is 11.9 Å². The standard InChI is InChI=1S/C20H23FN2O/c1-2-11-22-14-19(24)20(16-7-5-8-17(21)13-16)23-12-10-15-6-3-4-9-18(15)23/h3-10,12-13,19-20,22,24H,2,11,14H2,1H3/t19-,20+/m1/s1. The molecule has 1 aromatic heterocycles. The van der Waals surface area contributed by atoms with Crippen molar-refractivity contribution in [1.29, 1.82) is 0 Å². The molecule has 24 heavy (non-hydrogen) atoms. The molecular weight excluding hydrogens is 303 g/mol. The number of aliphatic hydroxyl groups excluding tert-OH is 1. The highest BCUT2D eigenvalue weighted by atomic mass is 19.1. The van der Waals surface area contributed by atoms with E-state index in [1.807, 2.05) is 47.2 Å². The third-order valence-corrected chi connectivity index (χ3v) is 4.26. The van der Waals surface area contributed by atoms with Gasteiger partial charge >= 0.3 is 0 Å². The molecule has 3 rings (SSSR count). The number of aromatic nitrogens is 1. The number of hydrogen-bond donors (Lipinski definition) is 2. The summed E-state index contributed by atoms with van der Waals surface area (Å²) in [6.07, 6.45) is 2.31. The summed E-state index contributed by atoms with van der Waals surface area (Å²) in [4.78, 5) is 0. The summed E-state index contributed by atoms with van der Waals surface area (Å²) >= 11 is 0. The minimum Gasteiger partial charge on any atom is -0.389 e. The Balaban J connectivity index is 2.01. The number of benzene rings is 2. The van der Waals surface area contributed by atoms with Crippen LogP contribution in [-0.2, 0) is 0 Å². The van der Waals surface area contributed by atoms with E-state index in [9.17, 15) is 9.50 Å². The van der Waals surface area contributed by atoms with E-state index in [1.54, 1.807) is 6.07 Å². The van der Waals surface area contributed by atoms with Gasteiger partial charge in [-0.2, -0.15) is 0 Å². The van der Waals surface area contributed by atoms with Crippen LogP contribution in [0.1, 0.15) is 24.9 Å². The van der Waals surface area contributed by atoms with E-state index >= 15 is 0 Å². The fraction of sp³-hybridized carbons (Fsp3) is 0.300. The molecule has 0 fully saturated rings. The average molecular weight is 326 g/mol. The Morgan fingerprint density at radius 1 is 1.12 bits per heavy atom. The summed E-state index contributed by atoms with van der Waals surface area (Å²) in [5.74, 6) is -0.289. The van der Waals surface area contributed by atoms with E-state index in [4.69, 9.17) is 0 Å². The Labute approximate surface area is 141 Å². The number of para-hydroxylation sites is 1. The molecule has 0 saturated heterocycles. The zero-order valence-electron chi connectivity index (χ0n) is 13.8. The highest BCUT2D eigenvalue weighted by molar-refractivity contribution is 5.80. The lowest BCUT2D eigenvalue weighted by Crippen LogP contribution is -2.35. The summed E-state index contributed by atoms with van der Waals surface area (Å²) in [5.41, 5.74) is 1.79. The minimum absolute atomic E-state index is 0.289. The van der Waals surface area contributed by atoms with Gasteiger partial charge in [0.15, 0.2) is 0 Å². The van der Waals surface area contributed by atoms with Gasteiger partial charge in [-0.25, -0.2) is 4.39 Å². The molecule has 0 aliphatic heterocycles. The van der Waals surface area contributed by atoms with Crippen molar-refractivity contribution >= 4 is 10.9 Å². The van der Waals surface area contributed by atoms with Crippen LogP contribution in [0.3, 0.4) is 0 Å². The fourth-order valence-corrected chi connectivity index (χ4v) is 3.14. The maximum absolute atomic E-state index is 13.7. The maximum atomic E-state index is 13.7. The normalized spacial score (nSPS) is 14.0. The number of rotatable bonds is 7. The van der Waals surface area contributed by atoms with Crippen LogP contribution >= 0.6 is 0 Å². The lowest BCUT2D eigenvalue weighted by Gasteiger charge is -2.26. The van der Waals surface area contributed by atoms with E-state index in [1.165, 1.54) is 12.1 Å². The molecule has 0 amide bonds. The van der Waals surface area contributed by atoms with Crippen LogP contribution in [0, 0.1) is 5.82 Å². The first-order chi connectivity index (χ1) is 11.7. The van der Waals surface area contributed by atoms with Crippen molar-refractivity contribution < 1.29 is 9.50 Å². The lowest BCUT2D eigenvalue weighted by molar-refractivity contribution is 0.130. The van der Waals surface area contributed by atoms with Crippen LogP contribution in [0.2, 0.25) is 0 Å². The van der Waals surface area contributed by atoms with E-state index in [0.717, 1.165) is 29.4 Å². The zero-order valence-corrected chi connectivity index (χ0v) is 13.8. The molecule has 0 bridgehead atoms. The monoisotopic (exact) mass is 326 g/mol. The molecule has 0 aliphatic rings. The third kappa shape index (κ3) is 3.50. The number of nitrogens with one attached hydrogen (secondary N) is 1. The first-order valence-electron chi connectivity index (χ1n) is 8.40. The smallest absolute Gasteiger partial charge is 0.123 e. The van der Waals surface area contributed by atoms with Gasteiger partial charge in [-0.05, 0) is 48.2 Å². The van der Waals surface area contributed by atoms with Gasteiger partial charge < -0.3 is 15.0 Å². The molecule has 0 saturated carbocycles. The van der Waals surface area contributed by atoms with Crippen molar-refractivity contribution in [2.75, 3.05) is 13.1 Å². The van der Waals surface area contributed by atoms with E-state index in [2.05, 4.69) is 12.2 Å². The van der Waals surface area contributed by atoms with Gasteiger partial charge in [-0.1, -0.05) is 37.3 Å². The zero-order chi connectivity index (χ0) is 16.9. The molecule has 0 spiro atoms. The summed E-state index contributed by atoms with van der Waals surface area (Å²) in [7, 11) is 0. The molecule has 0 unspecified atom stereocenters. The van der Waals surface area contributed by atoms with Crippen molar-refractivity contribution in [3.05, 3.63) is 72.2 Å². The Morgan fingerprint density at radius 2 is 1.96 bits per heavy atom. The summed E-state index contributed by atoms with van der Waals surface area (Å²) in [5, 5.41) is 15.2. The van der Waals surface area contributed by atoms with Gasteiger partial charge in [0, 0.05) is 18.3 Å². The first-order valence-corrected chi connectivity index (χ1v) is 8.40. The molecule has 0 radical (unpaired) electrons. The molecular formula is C20H23FN2O. The number of halogens is 1. The highest BCUT2D eigenvalue weighted by Crippen LogP contribution is 2.28. The number of aliphatic hydroxyl groups is 1. The van der Waals surface area contributed by atoms with Crippen molar-refractivity contribution in [2.24, 2.45) is 0 Å². The van der Waals surface area contributed by atoms with Crippen LogP contribution in [0.15, 0.2) is 60.8 Å². The van der Waals surface area contributed by atoms with Crippen LogP contribution in [0.4, 0.5) is 4.39 Å². The molecule has 4 heteroatoms. The van der Waals surface area contributed by atoms with Gasteiger partial charge in [0.2, 0.25) is 0 Å². The molecule has 2 atom stereocenters. The molecule has 0 aliphatic carbocycles. The second kappa shape index (κ2) is 7.60. The van der Waals surface area contributed by atoms with Crippen molar-refractivity contribution in [1.82, 2.24) is 9.88 Å². The molecule has 2 aromatic carbocycles. The quantitative estimate of drug-likeness (QED) is 0.649. The Bertz CT molecular complexity index is 799.